The van der Waals surface area contributed by atoms with Crippen LogP contribution in [-0.2, 0) is 6.54 Å². The Balaban J connectivity index is 1.46. The second-order valence-corrected chi connectivity index (χ2v) is 8.04. The summed E-state index contributed by atoms with van der Waals surface area (Å²) in [4.78, 5) is 29.6. The van der Waals surface area contributed by atoms with E-state index in [1.54, 1.807) is 30.5 Å². The van der Waals surface area contributed by atoms with E-state index in [0.717, 1.165) is 5.56 Å². The fraction of sp³-hybridized carbons (Fsp3) is 0.0385. The standard InChI is InChI=1S/C26H19Cl2N3O2/c27-22-12-10-19(15-21(22)24-8-4-5-13-29-24)31-26(33)20-11-9-18(14-23(20)28)25(32)30-16-17-6-2-1-3-7-17/h1-15H,16H2,(H,30,32)(H,31,33). The van der Waals surface area contributed by atoms with Crippen LogP contribution >= 0.6 is 23.2 Å². The molecule has 33 heavy (non-hydrogen) atoms. The molecule has 4 rings (SSSR count). The summed E-state index contributed by atoms with van der Waals surface area (Å²) in [6, 6.07) is 24.8. The van der Waals surface area contributed by atoms with Gasteiger partial charge in [0.25, 0.3) is 11.8 Å². The van der Waals surface area contributed by atoms with Crippen LogP contribution in [0.15, 0.2) is 91.1 Å². The van der Waals surface area contributed by atoms with Crippen LogP contribution in [0.3, 0.4) is 0 Å². The van der Waals surface area contributed by atoms with Crippen molar-refractivity contribution in [3.63, 3.8) is 0 Å². The summed E-state index contributed by atoms with van der Waals surface area (Å²) >= 11 is 12.6. The number of nitrogens with one attached hydrogen (secondary N) is 2. The second kappa shape index (κ2) is 10.3. The van der Waals surface area contributed by atoms with Crippen LogP contribution in [0.5, 0.6) is 0 Å². The minimum absolute atomic E-state index is 0.179. The van der Waals surface area contributed by atoms with Crippen LogP contribution in [0.25, 0.3) is 11.3 Å². The van der Waals surface area contributed by atoms with Gasteiger partial charge < -0.3 is 10.6 Å². The average molecular weight is 476 g/mol. The molecule has 1 heterocycles. The van der Waals surface area contributed by atoms with E-state index in [0.29, 0.717) is 34.1 Å². The molecule has 1 aromatic heterocycles. The van der Waals surface area contributed by atoms with E-state index in [1.807, 2.05) is 48.5 Å². The monoisotopic (exact) mass is 475 g/mol. The summed E-state index contributed by atoms with van der Waals surface area (Å²) in [5.74, 6) is -0.670. The number of nitrogens with zero attached hydrogens (tertiary/aromatic N) is 1. The Morgan fingerprint density at radius 1 is 0.788 bits per heavy atom. The van der Waals surface area contributed by atoms with Gasteiger partial charge in [0.2, 0.25) is 0 Å². The molecule has 0 aliphatic heterocycles. The zero-order valence-electron chi connectivity index (χ0n) is 17.4. The van der Waals surface area contributed by atoms with Gasteiger partial charge in [-0.25, -0.2) is 0 Å². The van der Waals surface area contributed by atoms with Gasteiger partial charge in [0.15, 0.2) is 0 Å². The molecule has 0 saturated carbocycles. The lowest BCUT2D eigenvalue weighted by molar-refractivity contribution is 0.0949. The third kappa shape index (κ3) is 5.58. The van der Waals surface area contributed by atoms with Crippen molar-refractivity contribution in [1.82, 2.24) is 10.3 Å². The van der Waals surface area contributed by atoms with Gasteiger partial charge in [0.05, 0.1) is 21.3 Å². The van der Waals surface area contributed by atoms with Crippen LogP contribution in [0.1, 0.15) is 26.3 Å². The van der Waals surface area contributed by atoms with E-state index >= 15 is 0 Å². The van der Waals surface area contributed by atoms with Gasteiger partial charge in [-0.2, -0.15) is 0 Å². The van der Waals surface area contributed by atoms with E-state index in [1.165, 1.54) is 12.1 Å². The number of amides is 2. The van der Waals surface area contributed by atoms with Gasteiger partial charge in [-0.3, -0.25) is 14.6 Å². The number of hydrogen-bond donors (Lipinski definition) is 2. The van der Waals surface area contributed by atoms with Crippen LogP contribution in [0.4, 0.5) is 5.69 Å². The Labute approximate surface area is 201 Å². The van der Waals surface area contributed by atoms with E-state index in [9.17, 15) is 9.59 Å². The molecule has 5 nitrogen and oxygen atoms in total. The first-order valence-corrected chi connectivity index (χ1v) is 10.9. The number of carbonyl (C=O) groups is 2. The predicted octanol–water partition coefficient (Wildman–Crippen LogP) is 6.24. The molecule has 0 bridgehead atoms. The molecule has 164 valence electrons. The summed E-state index contributed by atoms with van der Waals surface area (Å²) in [5, 5.41) is 6.37. The summed E-state index contributed by atoms with van der Waals surface area (Å²) in [7, 11) is 0. The number of benzene rings is 3. The van der Waals surface area contributed by atoms with Crippen molar-refractivity contribution in [2.45, 2.75) is 6.54 Å². The first-order valence-electron chi connectivity index (χ1n) is 10.2. The molecule has 7 heteroatoms. The van der Waals surface area contributed by atoms with E-state index in [-0.39, 0.29) is 16.5 Å². The molecule has 2 N–H and O–H groups in total. The maximum Gasteiger partial charge on any atom is 0.257 e. The molecular formula is C26H19Cl2N3O2. The highest BCUT2D eigenvalue weighted by atomic mass is 35.5. The highest BCUT2D eigenvalue weighted by molar-refractivity contribution is 6.35. The van der Waals surface area contributed by atoms with E-state index < -0.39 is 5.91 Å². The maximum absolute atomic E-state index is 12.8. The normalized spacial score (nSPS) is 10.5. The topological polar surface area (TPSA) is 71.1 Å². The summed E-state index contributed by atoms with van der Waals surface area (Å²) in [5.41, 5.74) is 3.56. The number of anilines is 1. The van der Waals surface area contributed by atoms with E-state index in [2.05, 4.69) is 15.6 Å². The molecule has 2 amide bonds. The molecule has 0 aliphatic rings. The third-order valence-electron chi connectivity index (χ3n) is 4.94. The smallest absolute Gasteiger partial charge is 0.257 e. The van der Waals surface area contributed by atoms with Crippen molar-refractivity contribution in [3.05, 3.63) is 118 Å². The van der Waals surface area contributed by atoms with Crippen molar-refractivity contribution in [3.8, 4) is 11.3 Å². The summed E-state index contributed by atoms with van der Waals surface area (Å²) < 4.78 is 0. The molecule has 0 spiro atoms. The van der Waals surface area contributed by atoms with Gasteiger partial charge in [-0.15, -0.1) is 0 Å². The Morgan fingerprint density at radius 2 is 1.58 bits per heavy atom. The number of rotatable bonds is 6. The number of pyridine rings is 1. The van der Waals surface area contributed by atoms with Crippen LogP contribution in [-0.4, -0.2) is 16.8 Å². The fourth-order valence-electron chi connectivity index (χ4n) is 3.24. The molecule has 0 fully saturated rings. The number of aromatic nitrogens is 1. The van der Waals surface area contributed by atoms with Gasteiger partial charge in [-0.1, -0.05) is 59.6 Å². The van der Waals surface area contributed by atoms with Gasteiger partial charge in [-0.05, 0) is 54.1 Å². The van der Waals surface area contributed by atoms with Gasteiger partial charge in [0, 0.05) is 29.6 Å². The molecule has 0 unspecified atom stereocenters. The maximum atomic E-state index is 12.8. The average Bonchev–Trinajstić information content (AvgIpc) is 2.84. The highest BCUT2D eigenvalue weighted by Gasteiger charge is 2.15. The highest BCUT2D eigenvalue weighted by Crippen LogP contribution is 2.29. The molecule has 0 atom stereocenters. The SMILES string of the molecule is O=C(NCc1ccccc1)c1ccc(C(=O)Nc2ccc(Cl)c(-c3ccccn3)c2)c(Cl)c1. The lowest BCUT2D eigenvalue weighted by Gasteiger charge is -2.11. The lowest BCUT2D eigenvalue weighted by atomic mass is 10.1. The molecule has 4 aromatic rings. The third-order valence-corrected chi connectivity index (χ3v) is 5.58. The first-order chi connectivity index (χ1) is 16.0. The van der Waals surface area contributed by atoms with Gasteiger partial charge in [0.1, 0.15) is 0 Å². The molecule has 0 radical (unpaired) electrons. The quantitative estimate of drug-likeness (QED) is 0.346. The van der Waals surface area contributed by atoms with Crippen LogP contribution in [0.2, 0.25) is 10.0 Å². The van der Waals surface area contributed by atoms with E-state index in [4.69, 9.17) is 23.2 Å². The Morgan fingerprint density at radius 3 is 2.30 bits per heavy atom. The molecule has 0 aliphatic carbocycles. The Bertz CT molecular complexity index is 1300. The fourth-order valence-corrected chi connectivity index (χ4v) is 3.72. The van der Waals surface area contributed by atoms with Crippen molar-refractivity contribution in [2.75, 3.05) is 5.32 Å². The predicted molar refractivity (Wildman–Crippen MR) is 132 cm³/mol. The summed E-state index contributed by atoms with van der Waals surface area (Å²) in [6.07, 6.45) is 1.67. The zero-order valence-corrected chi connectivity index (χ0v) is 18.9. The van der Waals surface area contributed by atoms with Crippen molar-refractivity contribution in [2.24, 2.45) is 0 Å². The number of carbonyl (C=O) groups excluding carboxylic acids is 2. The Kier molecular flexibility index (Phi) is 7.03. The Hall–Kier alpha value is -3.67. The first kappa shape index (κ1) is 22.5. The summed E-state index contributed by atoms with van der Waals surface area (Å²) in [6.45, 7) is 0.398. The van der Waals surface area contributed by atoms with Crippen molar-refractivity contribution in [1.29, 1.82) is 0 Å². The van der Waals surface area contributed by atoms with Crippen LogP contribution in [0, 0.1) is 0 Å². The molecule has 0 saturated heterocycles. The number of hydrogen-bond acceptors (Lipinski definition) is 3. The van der Waals surface area contributed by atoms with Crippen molar-refractivity contribution < 1.29 is 9.59 Å². The largest absolute Gasteiger partial charge is 0.348 e. The molecular weight excluding hydrogens is 457 g/mol. The number of halogens is 2. The minimum atomic E-state index is -0.398. The minimum Gasteiger partial charge on any atom is -0.348 e. The van der Waals surface area contributed by atoms with Crippen LogP contribution < -0.4 is 10.6 Å². The zero-order chi connectivity index (χ0) is 23.2. The van der Waals surface area contributed by atoms with Gasteiger partial charge >= 0.3 is 0 Å². The lowest BCUT2D eigenvalue weighted by Crippen LogP contribution is -2.23. The second-order valence-electron chi connectivity index (χ2n) is 7.23. The van der Waals surface area contributed by atoms with Crippen molar-refractivity contribution >= 4 is 40.7 Å². The molecule has 3 aromatic carbocycles.